The van der Waals surface area contributed by atoms with Gasteiger partial charge in [0.1, 0.15) is 0 Å². The summed E-state index contributed by atoms with van der Waals surface area (Å²) in [6, 6.07) is 0. The molecular formula is C3H9AlO4. The lowest BCUT2D eigenvalue weighted by atomic mass is 11.7. The van der Waals surface area contributed by atoms with E-state index in [0.717, 1.165) is 0 Å². The van der Waals surface area contributed by atoms with Gasteiger partial charge in [-0.3, -0.25) is 4.79 Å². The molecule has 5 heteroatoms. The van der Waals surface area contributed by atoms with Gasteiger partial charge in [0.2, 0.25) is 0 Å². The maximum atomic E-state index is 8.36. The van der Waals surface area contributed by atoms with Crippen molar-refractivity contribution in [1.29, 1.82) is 0 Å². The lowest BCUT2D eigenvalue weighted by Crippen LogP contribution is -1.49. The Morgan fingerprint density at radius 1 is 1.38 bits per heavy atom. The Kier molecular flexibility index (Phi) is 318. The molecule has 0 saturated carbocycles. The van der Waals surface area contributed by atoms with E-state index in [2.05, 4.69) is 0 Å². The van der Waals surface area contributed by atoms with Crippen LogP contribution in [0.5, 0.6) is 0 Å². The fraction of sp³-hybridized carbons (Fsp3) is 0.333. The van der Waals surface area contributed by atoms with Crippen molar-refractivity contribution < 1.29 is 19.5 Å². The summed E-state index contributed by atoms with van der Waals surface area (Å²) in [6.07, 6.45) is 0.250. The number of rotatable bonds is 0. The second kappa shape index (κ2) is 96.7. The van der Waals surface area contributed by atoms with Gasteiger partial charge in [0.25, 0.3) is 6.47 Å². The van der Waals surface area contributed by atoms with E-state index in [1.165, 1.54) is 0 Å². The Hall–Kier alpha value is -0.618. The molecule has 0 atom stereocenters. The molecule has 4 nitrogen and oxygen atoms in total. The predicted molar refractivity (Wildman–Crippen MR) is 30.4 cm³/mol. The molecule has 0 aromatic carbocycles. The first-order valence-corrected chi connectivity index (χ1v) is 0.902. The monoisotopic (exact) mass is 136 g/mol. The van der Waals surface area contributed by atoms with E-state index in [-0.39, 0.29) is 37.4 Å². The Morgan fingerprint density at radius 2 is 1.38 bits per heavy atom. The second-order valence-electron chi connectivity index (χ2n) is 0.189. The van der Waals surface area contributed by atoms with Crippen LogP contribution in [0.25, 0.3) is 0 Å². The van der Waals surface area contributed by atoms with E-state index < -0.39 is 0 Å². The van der Waals surface area contributed by atoms with E-state index in [1.807, 2.05) is 0 Å². The van der Waals surface area contributed by atoms with Crippen molar-refractivity contribution in [3.05, 3.63) is 0 Å². The number of carbonyl (C=O) groups excluding carboxylic acids is 2. The molecule has 0 aliphatic rings. The van der Waals surface area contributed by atoms with Gasteiger partial charge < -0.3 is 5.11 Å². The summed E-state index contributed by atoms with van der Waals surface area (Å²) < 4.78 is 0. The standard InChI is InChI=1S/CH2O2.CO2.CH4.Al.3H/c2*2-1-3;;;;;/h1H,(H,2,3);;1H4;;;;. The van der Waals surface area contributed by atoms with Crippen LogP contribution in [-0.4, -0.2) is 35.1 Å². The quantitative estimate of drug-likeness (QED) is 0.327. The van der Waals surface area contributed by atoms with Crippen molar-refractivity contribution in [2.75, 3.05) is 0 Å². The van der Waals surface area contributed by atoms with E-state index >= 15 is 0 Å². The van der Waals surface area contributed by atoms with Crippen molar-refractivity contribution in [2.24, 2.45) is 0 Å². The first-order chi connectivity index (χ1) is 2.83. The fourth-order valence-corrected chi connectivity index (χ4v) is 0. The van der Waals surface area contributed by atoms with Crippen LogP contribution in [0.15, 0.2) is 0 Å². The average Bonchev–Trinajstić information content (AvgIpc) is 1.39. The third kappa shape index (κ3) is 271. The van der Waals surface area contributed by atoms with Gasteiger partial charge in [-0.15, -0.1) is 0 Å². The van der Waals surface area contributed by atoms with Crippen molar-refractivity contribution in [1.82, 2.24) is 0 Å². The topological polar surface area (TPSA) is 71.4 Å². The average molecular weight is 136 g/mol. The lowest BCUT2D eigenvalue weighted by molar-refractivity contribution is -0.191. The molecule has 0 spiro atoms. The molecule has 0 heterocycles. The molecule has 0 aromatic rings. The summed E-state index contributed by atoms with van der Waals surface area (Å²) >= 11 is 0. The summed E-state index contributed by atoms with van der Waals surface area (Å²) in [5, 5.41) is 6.89. The van der Waals surface area contributed by atoms with Gasteiger partial charge in [0.15, 0.2) is 17.4 Å². The van der Waals surface area contributed by atoms with Crippen molar-refractivity contribution in [2.45, 2.75) is 7.43 Å². The van der Waals surface area contributed by atoms with Crippen LogP contribution < -0.4 is 0 Å². The Morgan fingerprint density at radius 3 is 1.38 bits per heavy atom. The molecule has 0 rings (SSSR count). The first kappa shape index (κ1) is 26.3. The molecule has 0 amide bonds. The third-order valence-corrected chi connectivity index (χ3v) is 0. The largest absolute Gasteiger partial charge is 0.483 e. The highest BCUT2D eigenvalue weighted by atomic mass is 27.0. The molecule has 0 fully saturated rings. The van der Waals surface area contributed by atoms with Gasteiger partial charge in [-0.2, -0.15) is 9.59 Å². The van der Waals surface area contributed by atoms with E-state index in [0.29, 0.717) is 0 Å². The van der Waals surface area contributed by atoms with Crippen LogP contribution in [0, 0.1) is 0 Å². The minimum atomic E-state index is -0.250. The summed E-state index contributed by atoms with van der Waals surface area (Å²) in [6.45, 7) is -0.250. The molecular weight excluding hydrogens is 127 g/mol. The van der Waals surface area contributed by atoms with Gasteiger partial charge in [-0.05, 0) is 0 Å². The van der Waals surface area contributed by atoms with E-state index in [1.54, 1.807) is 0 Å². The van der Waals surface area contributed by atoms with Crippen LogP contribution in [0.1, 0.15) is 7.43 Å². The Labute approximate surface area is 57.6 Å². The molecule has 0 aliphatic carbocycles. The molecule has 0 bridgehead atoms. The summed E-state index contributed by atoms with van der Waals surface area (Å²) in [5.74, 6) is 0. The highest BCUT2D eigenvalue weighted by Gasteiger charge is 1.22. The van der Waals surface area contributed by atoms with Gasteiger partial charge in [-0.1, -0.05) is 7.43 Å². The zero-order valence-corrected chi connectivity index (χ0v) is 2.75. The van der Waals surface area contributed by atoms with Crippen molar-refractivity contribution in [3.8, 4) is 0 Å². The minimum Gasteiger partial charge on any atom is -0.483 e. The normalized spacial score (nSPS) is 2.50. The molecule has 0 aliphatic heterocycles. The van der Waals surface area contributed by atoms with Gasteiger partial charge >= 0.3 is 6.15 Å². The minimum absolute atomic E-state index is 0. The molecule has 0 saturated heterocycles. The molecule has 8 heavy (non-hydrogen) atoms. The lowest BCUT2D eigenvalue weighted by Gasteiger charge is -1.34. The molecule has 48 valence electrons. The molecule has 0 aromatic heterocycles. The summed E-state index contributed by atoms with van der Waals surface area (Å²) in [7, 11) is 0. The van der Waals surface area contributed by atoms with Crippen LogP contribution in [0.2, 0.25) is 0 Å². The summed E-state index contributed by atoms with van der Waals surface area (Å²) in [4.78, 5) is 24.6. The van der Waals surface area contributed by atoms with Crippen LogP contribution in [0.3, 0.4) is 0 Å². The number of carbonyl (C=O) groups is 1. The van der Waals surface area contributed by atoms with Crippen molar-refractivity contribution >= 4 is 30.0 Å². The SMILES string of the molecule is C.O=C=O.O=CO.[AlH3]. The molecule has 0 radical (unpaired) electrons. The fourth-order valence-electron chi connectivity index (χ4n) is 0. The smallest absolute Gasteiger partial charge is 0.373 e. The maximum absolute atomic E-state index is 8.36. The number of hydrogen-bond donors (Lipinski definition) is 1. The molecule has 0 unspecified atom stereocenters. The highest BCUT2D eigenvalue weighted by Crippen LogP contribution is 0.966. The van der Waals surface area contributed by atoms with Crippen LogP contribution in [-0.2, 0) is 14.4 Å². The van der Waals surface area contributed by atoms with Crippen molar-refractivity contribution in [3.63, 3.8) is 0 Å². The van der Waals surface area contributed by atoms with E-state index in [4.69, 9.17) is 19.5 Å². The summed E-state index contributed by atoms with van der Waals surface area (Å²) in [5.41, 5.74) is 0. The zero-order chi connectivity index (χ0) is 5.41. The van der Waals surface area contributed by atoms with Gasteiger partial charge in [-0.25, -0.2) is 0 Å². The highest BCUT2D eigenvalue weighted by molar-refractivity contribution is 5.75. The maximum Gasteiger partial charge on any atom is 0.373 e. The van der Waals surface area contributed by atoms with Gasteiger partial charge in [0, 0.05) is 0 Å². The van der Waals surface area contributed by atoms with E-state index in [9.17, 15) is 0 Å². The van der Waals surface area contributed by atoms with Gasteiger partial charge in [0.05, 0.1) is 0 Å². The Balaban J connectivity index is -0.0000000160. The first-order valence-electron chi connectivity index (χ1n) is 0.902. The molecule has 1 N–H and O–H groups in total. The Bertz CT molecular complexity index is 56.3. The zero-order valence-electron chi connectivity index (χ0n) is 2.75. The van der Waals surface area contributed by atoms with Crippen LogP contribution in [0.4, 0.5) is 0 Å². The predicted octanol–water partition coefficient (Wildman–Crippen LogP) is -1.43. The number of carboxylic acid groups (broad SMARTS) is 1. The third-order valence-electron chi connectivity index (χ3n) is 0. The second-order valence-corrected chi connectivity index (χ2v) is 0.189. The number of hydrogen-bond acceptors (Lipinski definition) is 3. The van der Waals surface area contributed by atoms with Crippen LogP contribution >= 0.6 is 0 Å².